The largest absolute Gasteiger partial charge is 0.456 e. The molecule has 1 aliphatic heterocycles. The molecule has 1 atom stereocenters. The van der Waals surface area contributed by atoms with Crippen LogP contribution in [0, 0.1) is 0 Å². The molecule has 1 fully saturated rings. The number of nitrogens with zero attached hydrogens (tertiary/aromatic N) is 1. The van der Waals surface area contributed by atoms with Crippen LogP contribution in [-0.4, -0.2) is 30.5 Å². The molecule has 5 heteroatoms. The van der Waals surface area contributed by atoms with E-state index in [4.69, 9.17) is 14.2 Å². The van der Waals surface area contributed by atoms with E-state index in [1.165, 1.54) is 0 Å². The van der Waals surface area contributed by atoms with Gasteiger partial charge in [0, 0.05) is 24.8 Å². The van der Waals surface area contributed by atoms with Crippen LogP contribution in [0.4, 0.5) is 0 Å². The summed E-state index contributed by atoms with van der Waals surface area (Å²) >= 11 is 0. The molecule has 0 aromatic carbocycles. The summed E-state index contributed by atoms with van der Waals surface area (Å²) < 4.78 is 16.4. The third kappa shape index (κ3) is 5.58. The Bertz CT molecular complexity index is 481. The number of ether oxygens (including phenoxy) is 3. The highest BCUT2D eigenvalue weighted by Crippen LogP contribution is 2.15. The van der Waals surface area contributed by atoms with E-state index in [1.54, 1.807) is 12.3 Å². The molecular formula is C17H23NO4. The number of allylic oxidation sites excluding steroid dienone is 1. The first-order valence-electron chi connectivity index (χ1n) is 7.75. The third-order valence-corrected chi connectivity index (χ3v) is 3.50. The minimum absolute atomic E-state index is 0.128. The van der Waals surface area contributed by atoms with E-state index in [2.05, 4.69) is 4.98 Å². The van der Waals surface area contributed by atoms with Crippen molar-refractivity contribution < 1.29 is 19.0 Å². The van der Waals surface area contributed by atoms with Gasteiger partial charge in [0.2, 0.25) is 0 Å². The molecule has 5 nitrogen and oxygen atoms in total. The molecule has 1 aromatic heterocycles. The van der Waals surface area contributed by atoms with Gasteiger partial charge >= 0.3 is 5.97 Å². The zero-order valence-corrected chi connectivity index (χ0v) is 13.0. The fraction of sp³-hybridized carbons (Fsp3) is 0.529. The molecule has 1 aromatic rings. The van der Waals surface area contributed by atoms with E-state index in [0.717, 1.165) is 31.6 Å². The van der Waals surface area contributed by atoms with Crippen LogP contribution in [0.25, 0.3) is 0 Å². The first-order chi connectivity index (χ1) is 10.8. The van der Waals surface area contributed by atoms with Crippen LogP contribution in [0.5, 0.6) is 0 Å². The summed E-state index contributed by atoms with van der Waals surface area (Å²) in [7, 11) is 0. The molecule has 1 unspecified atom stereocenters. The summed E-state index contributed by atoms with van der Waals surface area (Å²) in [5.74, 6) is -0.318. The lowest BCUT2D eigenvalue weighted by Gasteiger charge is -2.22. The first-order valence-corrected chi connectivity index (χ1v) is 7.75. The molecule has 1 saturated heterocycles. The van der Waals surface area contributed by atoms with Crippen LogP contribution in [0.2, 0.25) is 0 Å². The Labute approximate surface area is 131 Å². The topological polar surface area (TPSA) is 57.7 Å². The first kappa shape index (κ1) is 16.6. The Morgan fingerprint density at radius 1 is 1.45 bits per heavy atom. The molecule has 0 saturated carbocycles. The van der Waals surface area contributed by atoms with Gasteiger partial charge in [0.15, 0.2) is 6.29 Å². The van der Waals surface area contributed by atoms with Crippen molar-refractivity contribution in [1.29, 1.82) is 0 Å². The van der Waals surface area contributed by atoms with Crippen molar-refractivity contribution >= 4 is 5.97 Å². The average Bonchev–Trinajstić information content (AvgIpc) is 2.58. The van der Waals surface area contributed by atoms with E-state index >= 15 is 0 Å². The highest BCUT2D eigenvalue weighted by Gasteiger charge is 2.15. The maximum atomic E-state index is 12.0. The number of esters is 1. The fourth-order valence-electron chi connectivity index (χ4n) is 2.22. The second-order valence-corrected chi connectivity index (χ2v) is 5.13. The minimum Gasteiger partial charge on any atom is -0.456 e. The number of aromatic nitrogens is 1. The molecule has 120 valence electrons. The number of rotatable bonds is 7. The standard InChI is InChI=1S/C17H23NO4/c1-2-14(9-12-21-16-8-4-6-11-20-16)17(19)22-13-15-7-3-5-10-18-15/h2-3,5,7,10,16H,4,6,8-9,11-13H2,1H3/b14-2+. The zero-order valence-electron chi connectivity index (χ0n) is 13.0. The van der Waals surface area contributed by atoms with Crippen LogP contribution in [0.15, 0.2) is 36.0 Å². The van der Waals surface area contributed by atoms with Crippen LogP contribution in [-0.2, 0) is 25.6 Å². The van der Waals surface area contributed by atoms with E-state index in [1.807, 2.05) is 25.1 Å². The van der Waals surface area contributed by atoms with E-state index < -0.39 is 0 Å². The molecule has 0 spiro atoms. The van der Waals surface area contributed by atoms with Crippen molar-refractivity contribution in [3.8, 4) is 0 Å². The van der Waals surface area contributed by atoms with Gasteiger partial charge in [0.1, 0.15) is 6.61 Å². The van der Waals surface area contributed by atoms with Gasteiger partial charge in [0.05, 0.1) is 12.3 Å². The predicted octanol–water partition coefficient (Wildman–Crippen LogP) is 3.00. The van der Waals surface area contributed by atoms with E-state index in [-0.39, 0.29) is 18.9 Å². The molecule has 0 bridgehead atoms. The Hall–Kier alpha value is -1.72. The third-order valence-electron chi connectivity index (χ3n) is 3.50. The van der Waals surface area contributed by atoms with Gasteiger partial charge < -0.3 is 14.2 Å². The molecule has 0 aliphatic carbocycles. The summed E-state index contributed by atoms with van der Waals surface area (Å²) in [4.78, 5) is 16.1. The quantitative estimate of drug-likeness (QED) is 0.572. The Morgan fingerprint density at radius 2 is 2.36 bits per heavy atom. The molecule has 2 rings (SSSR count). The van der Waals surface area contributed by atoms with Crippen molar-refractivity contribution in [1.82, 2.24) is 4.98 Å². The molecule has 2 heterocycles. The van der Waals surface area contributed by atoms with E-state index in [9.17, 15) is 4.79 Å². The van der Waals surface area contributed by atoms with Gasteiger partial charge in [-0.15, -0.1) is 0 Å². The summed E-state index contributed by atoms with van der Waals surface area (Å²) in [6.45, 7) is 3.23. The maximum absolute atomic E-state index is 12.0. The van der Waals surface area contributed by atoms with E-state index in [0.29, 0.717) is 18.6 Å². The fourth-order valence-corrected chi connectivity index (χ4v) is 2.22. The SMILES string of the molecule is C/C=C(\CCOC1CCCCO1)C(=O)OCc1ccccn1. The number of pyridine rings is 1. The maximum Gasteiger partial charge on any atom is 0.334 e. The van der Waals surface area contributed by atoms with Gasteiger partial charge in [0.25, 0.3) is 0 Å². The van der Waals surface area contributed by atoms with Crippen LogP contribution in [0.1, 0.15) is 38.3 Å². The van der Waals surface area contributed by atoms with Gasteiger partial charge in [-0.05, 0) is 38.3 Å². The smallest absolute Gasteiger partial charge is 0.334 e. The highest BCUT2D eigenvalue weighted by atomic mass is 16.7. The normalized spacial score (nSPS) is 19.0. The summed E-state index contributed by atoms with van der Waals surface area (Å²) in [6, 6.07) is 5.52. The molecule has 0 N–H and O–H groups in total. The second-order valence-electron chi connectivity index (χ2n) is 5.13. The molecule has 22 heavy (non-hydrogen) atoms. The number of carbonyl (C=O) groups is 1. The van der Waals surface area contributed by atoms with Crippen molar-refractivity contribution in [2.75, 3.05) is 13.2 Å². The predicted molar refractivity (Wildman–Crippen MR) is 82.0 cm³/mol. The zero-order chi connectivity index (χ0) is 15.6. The highest BCUT2D eigenvalue weighted by molar-refractivity contribution is 5.88. The van der Waals surface area contributed by atoms with Gasteiger partial charge in [-0.2, -0.15) is 0 Å². The van der Waals surface area contributed by atoms with Crippen molar-refractivity contribution in [2.45, 2.75) is 45.5 Å². The number of hydrogen-bond donors (Lipinski definition) is 0. The monoisotopic (exact) mass is 305 g/mol. The summed E-state index contributed by atoms with van der Waals surface area (Å²) in [6.07, 6.45) is 7.00. The van der Waals surface area contributed by atoms with Gasteiger partial charge in [-0.1, -0.05) is 12.1 Å². The lowest BCUT2D eigenvalue weighted by Crippen LogP contribution is -2.23. The Kier molecular flexibility index (Phi) is 7.06. The average molecular weight is 305 g/mol. The van der Waals surface area contributed by atoms with Crippen molar-refractivity contribution in [2.24, 2.45) is 0 Å². The summed E-state index contributed by atoms with van der Waals surface area (Å²) in [5, 5.41) is 0. The number of carbonyl (C=O) groups excluding carboxylic acids is 1. The van der Waals surface area contributed by atoms with Crippen LogP contribution < -0.4 is 0 Å². The Balaban J connectivity index is 1.70. The molecule has 0 amide bonds. The molecule has 1 aliphatic rings. The lowest BCUT2D eigenvalue weighted by molar-refractivity contribution is -0.162. The Morgan fingerprint density at radius 3 is 3.05 bits per heavy atom. The lowest BCUT2D eigenvalue weighted by atomic mass is 10.2. The van der Waals surface area contributed by atoms with Crippen molar-refractivity contribution in [3.05, 3.63) is 41.7 Å². The summed E-state index contributed by atoms with van der Waals surface area (Å²) in [5.41, 5.74) is 1.35. The second kappa shape index (κ2) is 9.33. The van der Waals surface area contributed by atoms with Crippen LogP contribution >= 0.6 is 0 Å². The molecule has 0 radical (unpaired) electrons. The molecular weight excluding hydrogens is 282 g/mol. The van der Waals surface area contributed by atoms with Crippen LogP contribution in [0.3, 0.4) is 0 Å². The van der Waals surface area contributed by atoms with Gasteiger partial charge in [-0.3, -0.25) is 4.98 Å². The van der Waals surface area contributed by atoms with Crippen molar-refractivity contribution in [3.63, 3.8) is 0 Å². The minimum atomic E-state index is -0.318. The van der Waals surface area contributed by atoms with Gasteiger partial charge in [-0.25, -0.2) is 4.79 Å². The number of hydrogen-bond acceptors (Lipinski definition) is 5.